The van der Waals surface area contributed by atoms with E-state index >= 15 is 0 Å². The maximum atomic E-state index is 11.7. The fraction of sp³-hybridized carbons (Fsp3) is 0.917. The molecular weight excluding hydrogens is 204 g/mol. The smallest absolute Gasteiger partial charge is 0.248 e. The molecule has 4 heteroatoms. The van der Waals surface area contributed by atoms with Crippen molar-refractivity contribution >= 4 is 5.91 Å². The summed E-state index contributed by atoms with van der Waals surface area (Å²) in [7, 11) is 1.88. The lowest BCUT2D eigenvalue weighted by atomic mass is 9.94. The van der Waals surface area contributed by atoms with Crippen molar-refractivity contribution in [2.24, 2.45) is 5.73 Å². The quantitative estimate of drug-likeness (QED) is 0.774. The zero-order valence-electron chi connectivity index (χ0n) is 10.0. The van der Waals surface area contributed by atoms with Crippen LogP contribution in [0.15, 0.2) is 0 Å². The SMILES string of the molecule is CN(C(=O)COC1CCC(N)CC1)C1CC1. The van der Waals surface area contributed by atoms with Crippen LogP contribution < -0.4 is 5.73 Å². The Bertz CT molecular complexity index is 245. The van der Waals surface area contributed by atoms with Crippen LogP contribution in [0.1, 0.15) is 38.5 Å². The second-order valence-corrected chi connectivity index (χ2v) is 5.08. The van der Waals surface area contributed by atoms with E-state index in [1.807, 2.05) is 11.9 Å². The van der Waals surface area contributed by atoms with Crippen molar-refractivity contribution in [3.8, 4) is 0 Å². The summed E-state index contributed by atoms with van der Waals surface area (Å²) in [6, 6.07) is 0.820. The van der Waals surface area contributed by atoms with E-state index < -0.39 is 0 Å². The summed E-state index contributed by atoms with van der Waals surface area (Å²) in [4.78, 5) is 13.5. The molecule has 0 saturated heterocycles. The third-order valence-corrected chi connectivity index (χ3v) is 3.65. The lowest BCUT2D eigenvalue weighted by Gasteiger charge is -2.26. The molecule has 0 aromatic carbocycles. The zero-order valence-corrected chi connectivity index (χ0v) is 10.0. The van der Waals surface area contributed by atoms with Gasteiger partial charge < -0.3 is 15.4 Å². The van der Waals surface area contributed by atoms with Crippen LogP contribution in [0.25, 0.3) is 0 Å². The van der Waals surface area contributed by atoms with E-state index in [-0.39, 0.29) is 18.6 Å². The average Bonchev–Trinajstić information content (AvgIpc) is 3.11. The van der Waals surface area contributed by atoms with E-state index in [9.17, 15) is 4.79 Å². The van der Waals surface area contributed by atoms with Crippen molar-refractivity contribution in [2.75, 3.05) is 13.7 Å². The molecule has 0 bridgehead atoms. The van der Waals surface area contributed by atoms with Crippen LogP contribution in [-0.2, 0) is 9.53 Å². The molecule has 0 aromatic rings. The van der Waals surface area contributed by atoms with Crippen LogP contribution in [0.5, 0.6) is 0 Å². The van der Waals surface area contributed by atoms with E-state index in [4.69, 9.17) is 10.5 Å². The van der Waals surface area contributed by atoms with Crippen molar-refractivity contribution in [1.82, 2.24) is 4.90 Å². The van der Waals surface area contributed by atoms with Gasteiger partial charge in [-0.05, 0) is 38.5 Å². The second-order valence-electron chi connectivity index (χ2n) is 5.08. The molecule has 2 N–H and O–H groups in total. The lowest BCUT2D eigenvalue weighted by molar-refractivity contribution is -0.138. The predicted molar refractivity (Wildman–Crippen MR) is 62.0 cm³/mol. The Morgan fingerprint density at radius 2 is 1.88 bits per heavy atom. The summed E-state index contributed by atoms with van der Waals surface area (Å²) in [5.74, 6) is 0.123. The Balaban J connectivity index is 1.64. The van der Waals surface area contributed by atoms with Gasteiger partial charge in [-0.3, -0.25) is 4.79 Å². The molecule has 0 atom stereocenters. The molecule has 0 spiro atoms. The number of amides is 1. The first-order chi connectivity index (χ1) is 7.66. The molecule has 1 amide bonds. The van der Waals surface area contributed by atoms with Crippen molar-refractivity contribution in [3.63, 3.8) is 0 Å². The van der Waals surface area contributed by atoms with E-state index in [0.29, 0.717) is 12.1 Å². The number of hydrogen-bond acceptors (Lipinski definition) is 3. The zero-order chi connectivity index (χ0) is 11.5. The summed E-state index contributed by atoms with van der Waals surface area (Å²) in [6.07, 6.45) is 6.61. The number of nitrogens with two attached hydrogens (primary N) is 1. The average molecular weight is 226 g/mol. The standard InChI is InChI=1S/C12H22N2O2/c1-14(10-4-5-10)12(15)8-16-11-6-2-9(13)3-7-11/h9-11H,2-8,13H2,1H3. The molecule has 0 aromatic heterocycles. The Hall–Kier alpha value is -0.610. The Morgan fingerprint density at radius 1 is 1.25 bits per heavy atom. The minimum atomic E-state index is 0.123. The van der Waals surface area contributed by atoms with Crippen LogP contribution in [0.3, 0.4) is 0 Å². The predicted octanol–water partition coefficient (Wildman–Crippen LogP) is 0.894. The Labute approximate surface area is 97.1 Å². The summed E-state index contributed by atoms with van der Waals surface area (Å²) in [6.45, 7) is 0.243. The highest BCUT2D eigenvalue weighted by Gasteiger charge is 2.30. The van der Waals surface area contributed by atoms with Gasteiger partial charge in [-0.2, -0.15) is 0 Å². The number of carbonyl (C=O) groups is 1. The number of ether oxygens (including phenoxy) is 1. The first kappa shape index (κ1) is 11.9. The summed E-state index contributed by atoms with van der Waals surface area (Å²) in [5, 5.41) is 0. The van der Waals surface area contributed by atoms with E-state index in [0.717, 1.165) is 38.5 Å². The molecule has 2 aliphatic carbocycles. The van der Waals surface area contributed by atoms with Crippen LogP contribution >= 0.6 is 0 Å². The normalized spacial score (nSPS) is 30.1. The number of nitrogens with zero attached hydrogens (tertiary/aromatic N) is 1. The van der Waals surface area contributed by atoms with Crippen molar-refractivity contribution in [3.05, 3.63) is 0 Å². The maximum absolute atomic E-state index is 11.7. The third kappa shape index (κ3) is 3.19. The molecule has 0 aliphatic heterocycles. The minimum absolute atomic E-state index is 0.123. The van der Waals surface area contributed by atoms with Crippen LogP contribution in [0.2, 0.25) is 0 Å². The van der Waals surface area contributed by atoms with Gasteiger partial charge in [0, 0.05) is 19.1 Å². The van der Waals surface area contributed by atoms with E-state index in [1.165, 1.54) is 0 Å². The first-order valence-corrected chi connectivity index (χ1v) is 6.29. The van der Waals surface area contributed by atoms with Crippen LogP contribution in [-0.4, -0.2) is 42.6 Å². The van der Waals surface area contributed by atoms with Gasteiger partial charge in [0.05, 0.1) is 6.10 Å². The third-order valence-electron chi connectivity index (χ3n) is 3.65. The number of carbonyl (C=O) groups excluding carboxylic acids is 1. The monoisotopic (exact) mass is 226 g/mol. The number of likely N-dealkylation sites (N-methyl/N-ethyl adjacent to an activating group) is 1. The maximum Gasteiger partial charge on any atom is 0.248 e. The molecule has 2 rings (SSSR count). The Kier molecular flexibility index (Phi) is 3.82. The van der Waals surface area contributed by atoms with Gasteiger partial charge in [0.25, 0.3) is 0 Å². The summed E-state index contributed by atoms with van der Waals surface area (Å²) < 4.78 is 5.65. The number of rotatable bonds is 4. The molecule has 0 radical (unpaired) electrons. The summed E-state index contributed by atoms with van der Waals surface area (Å²) >= 11 is 0. The largest absolute Gasteiger partial charge is 0.368 e. The highest BCUT2D eigenvalue weighted by atomic mass is 16.5. The lowest BCUT2D eigenvalue weighted by Crippen LogP contribution is -2.35. The van der Waals surface area contributed by atoms with Crippen molar-refractivity contribution in [1.29, 1.82) is 0 Å². The molecule has 2 aliphatic rings. The number of hydrogen-bond donors (Lipinski definition) is 1. The molecular formula is C12H22N2O2. The highest BCUT2D eigenvalue weighted by molar-refractivity contribution is 5.77. The van der Waals surface area contributed by atoms with Gasteiger partial charge in [0.15, 0.2) is 0 Å². The first-order valence-electron chi connectivity index (χ1n) is 6.29. The van der Waals surface area contributed by atoms with E-state index in [2.05, 4.69) is 0 Å². The molecule has 16 heavy (non-hydrogen) atoms. The highest BCUT2D eigenvalue weighted by Crippen LogP contribution is 2.25. The molecule has 4 nitrogen and oxygen atoms in total. The molecule has 92 valence electrons. The van der Waals surface area contributed by atoms with Gasteiger partial charge in [0.1, 0.15) is 6.61 Å². The minimum Gasteiger partial charge on any atom is -0.368 e. The fourth-order valence-electron chi connectivity index (χ4n) is 2.21. The van der Waals surface area contributed by atoms with Crippen LogP contribution in [0.4, 0.5) is 0 Å². The summed E-state index contributed by atoms with van der Waals surface area (Å²) in [5.41, 5.74) is 5.82. The topological polar surface area (TPSA) is 55.6 Å². The van der Waals surface area contributed by atoms with Gasteiger partial charge >= 0.3 is 0 Å². The van der Waals surface area contributed by atoms with Crippen LogP contribution in [0, 0.1) is 0 Å². The second kappa shape index (κ2) is 5.15. The van der Waals surface area contributed by atoms with Gasteiger partial charge in [0.2, 0.25) is 5.91 Å². The van der Waals surface area contributed by atoms with Gasteiger partial charge in [-0.1, -0.05) is 0 Å². The molecule has 2 fully saturated rings. The molecule has 0 heterocycles. The van der Waals surface area contributed by atoms with E-state index in [1.54, 1.807) is 0 Å². The van der Waals surface area contributed by atoms with Gasteiger partial charge in [-0.25, -0.2) is 0 Å². The molecule has 2 saturated carbocycles. The van der Waals surface area contributed by atoms with Crippen molar-refractivity contribution in [2.45, 2.75) is 56.7 Å². The molecule has 0 unspecified atom stereocenters. The van der Waals surface area contributed by atoms with Gasteiger partial charge in [-0.15, -0.1) is 0 Å². The van der Waals surface area contributed by atoms with Crippen molar-refractivity contribution < 1.29 is 9.53 Å². The Morgan fingerprint density at radius 3 is 2.44 bits per heavy atom. The fourth-order valence-corrected chi connectivity index (χ4v) is 2.21.